The van der Waals surface area contributed by atoms with Gasteiger partial charge in [-0.05, 0) is 46.3 Å². The van der Waals surface area contributed by atoms with Gasteiger partial charge in [-0.25, -0.2) is 18.4 Å². The lowest BCUT2D eigenvalue weighted by Crippen LogP contribution is -2.40. The molecule has 8 nitrogen and oxygen atoms in total. The van der Waals surface area contributed by atoms with Gasteiger partial charge < -0.3 is 14.8 Å². The Balaban J connectivity index is 1.55. The monoisotopic (exact) mass is 478 g/mol. The number of hydrogen-bond acceptors (Lipinski definition) is 7. The Morgan fingerprint density at radius 3 is 2.59 bits per heavy atom. The third-order valence-corrected chi connectivity index (χ3v) is 7.10. The first-order valence-electron chi connectivity index (χ1n) is 8.92. The number of nitrogens with one attached hydrogen (secondary N) is 1. The summed E-state index contributed by atoms with van der Waals surface area (Å²) in [4.78, 5) is 9.07. The zero-order valence-corrected chi connectivity index (χ0v) is 18.0. The highest BCUT2D eigenvalue weighted by Crippen LogP contribution is 2.30. The topological polar surface area (TPSA) is 93.6 Å². The summed E-state index contributed by atoms with van der Waals surface area (Å²) in [5, 5.41) is 3.97. The smallest absolute Gasteiger partial charge is 0.243 e. The summed E-state index contributed by atoms with van der Waals surface area (Å²) in [5.41, 5.74) is 1.42. The van der Waals surface area contributed by atoms with E-state index in [1.807, 2.05) is 12.1 Å². The number of sulfonamides is 1. The van der Waals surface area contributed by atoms with Gasteiger partial charge in [0.25, 0.3) is 0 Å². The minimum absolute atomic E-state index is 0.249. The van der Waals surface area contributed by atoms with Gasteiger partial charge in [-0.3, -0.25) is 0 Å². The maximum atomic E-state index is 12.7. The van der Waals surface area contributed by atoms with E-state index in [0.29, 0.717) is 43.7 Å². The Bertz CT molecular complexity index is 1130. The van der Waals surface area contributed by atoms with Gasteiger partial charge >= 0.3 is 0 Å². The van der Waals surface area contributed by atoms with Crippen LogP contribution in [0.3, 0.4) is 0 Å². The van der Waals surface area contributed by atoms with Gasteiger partial charge in [0.15, 0.2) is 0 Å². The molecular weight excluding hydrogens is 460 g/mol. The van der Waals surface area contributed by atoms with Crippen molar-refractivity contribution < 1.29 is 17.9 Å². The lowest BCUT2D eigenvalue weighted by molar-refractivity contribution is 0.0730. The second kappa shape index (κ2) is 8.23. The number of ether oxygens (including phenoxy) is 2. The number of anilines is 2. The fraction of sp³-hybridized carbons (Fsp3) is 0.263. The second-order valence-corrected chi connectivity index (χ2v) is 9.20. The Kier molecular flexibility index (Phi) is 5.68. The number of halogens is 1. The van der Waals surface area contributed by atoms with Crippen molar-refractivity contribution in [3.05, 3.63) is 47.1 Å². The highest BCUT2D eigenvalue weighted by Gasteiger charge is 2.26. The van der Waals surface area contributed by atoms with Crippen LogP contribution in [0.1, 0.15) is 0 Å². The minimum Gasteiger partial charge on any atom is -0.495 e. The predicted octanol–water partition coefficient (Wildman–Crippen LogP) is 3.17. The number of rotatable bonds is 5. The first kappa shape index (κ1) is 20.0. The molecule has 29 heavy (non-hydrogen) atoms. The molecule has 4 rings (SSSR count). The molecule has 3 aromatic rings. The second-order valence-electron chi connectivity index (χ2n) is 6.41. The number of nitrogens with zero attached hydrogens (tertiary/aromatic N) is 3. The Labute approximate surface area is 177 Å². The summed E-state index contributed by atoms with van der Waals surface area (Å²) in [6, 6.07) is 10.3. The Morgan fingerprint density at radius 2 is 1.90 bits per heavy atom. The molecule has 0 saturated carbocycles. The summed E-state index contributed by atoms with van der Waals surface area (Å²) >= 11 is 3.45. The molecule has 152 valence electrons. The summed E-state index contributed by atoms with van der Waals surface area (Å²) in [6.07, 6.45) is 1.71. The summed E-state index contributed by atoms with van der Waals surface area (Å²) in [7, 11) is -1.92. The third-order valence-electron chi connectivity index (χ3n) is 4.57. The molecule has 0 radical (unpaired) electrons. The zero-order chi connectivity index (χ0) is 20.4. The van der Waals surface area contributed by atoms with Crippen molar-refractivity contribution in [1.29, 1.82) is 0 Å². The van der Waals surface area contributed by atoms with Crippen molar-refractivity contribution in [1.82, 2.24) is 14.3 Å². The third kappa shape index (κ3) is 4.20. The Hall–Kier alpha value is -2.27. The van der Waals surface area contributed by atoms with Gasteiger partial charge in [-0.1, -0.05) is 0 Å². The van der Waals surface area contributed by atoms with E-state index < -0.39 is 10.0 Å². The van der Waals surface area contributed by atoms with Crippen LogP contribution < -0.4 is 10.1 Å². The molecule has 0 unspecified atom stereocenters. The fourth-order valence-electron chi connectivity index (χ4n) is 3.02. The summed E-state index contributed by atoms with van der Waals surface area (Å²) < 4.78 is 38.2. The molecule has 10 heteroatoms. The van der Waals surface area contributed by atoms with Crippen LogP contribution in [-0.2, 0) is 14.8 Å². The van der Waals surface area contributed by atoms with E-state index in [1.165, 1.54) is 4.31 Å². The standard InChI is InChI=1S/C19H19BrN4O4S/c1-27-18-11-17-13(10-16(18)20)12-21-19(23-17)22-14-2-4-15(5-3-14)29(25,26)24-6-8-28-9-7-24/h2-5,10-12H,6-9H2,1H3,(H,21,22,23). The largest absolute Gasteiger partial charge is 0.495 e. The van der Waals surface area contributed by atoms with Crippen molar-refractivity contribution in [2.75, 3.05) is 38.7 Å². The molecule has 1 N–H and O–H groups in total. The van der Waals surface area contributed by atoms with Crippen LogP contribution in [-0.4, -0.2) is 56.1 Å². The maximum Gasteiger partial charge on any atom is 0.243 e. The molecule has 2 aromatic carbocycles. The van der Waals surface area contributed by atoms with Crippen LogP contribution >= 0.6 is 15.9 Å². The van der Waals surface area contributed by atoms with Crippen molar-refractivity contribution in [3.63, 3.8) is 0 Å². The van der Waals surface area contributed by atoms with E-state index in [4.69, 9.17) is 9.47 Å². The van der Waals surface area contributed by atoms with E-state index >= 15 is 0 Å². The van der Waals surface area contributed by atoms with Crippen molar-refractivity contribution in [2.45, 2.75) is 4.90 Å². The Morgan fingerprint density at radius 1 is 1.17 bits per heavy atom. The van der Waals surface area contributed by atoms with E-state index in [2.05, 4.69) is 31.2 Å². The molecule has 1 aliphatic rings. The molecule has 0 amide bonds. The number of hydrogen-bond donors (Lipinski definition) is 1. The van der Waals surface area contributed by atoms with Crippen LogP contribution in [0.25, 0.3) is 10.9 Å². The highest BCUT2D eigenvalue weighted by atomic mass is 79.9. The van der Waals surface area contributed by atoms with Gasteiger partial charge in [0.2, 0.25) is 16.0 Å². The quantitative estimate of drug-likeness (QED) is 0.601. The molecular formula is C19H19BrN4O4S. The maximum absolute atomic E-state index is 12.7. The van der Waals surface area contributed by atoms with Crippen LogP contribution in [0.15, 0.2) is 52.0 Å². The summed E-state index contributed by atoms with van der Waals surface area (Å²) in [5.74, 6) is 1.09. The van der Waals surface area contributed by atoms with Crippen molar-refractivity contribution >= 4 is 48.5 Å². The lowest BCUT2D eigenvalue weighted by atomic mass is 10.2. The van der Waals surface area contributed by atoms with Crippen molar-refractivity contribution in [3.8, 4) is 5.75 Å². The zero-order valence-electron chi connectivity index (χ0n) is 15.6. The average Bonchev–Trinajstić information content (AvgIpc) is 2.74. The molecule has 1 fully saturated rings. The van der Waals surface area contributed by atoms with Crippen LogP contribution in [0, 0.1) is 0 Å². The minimum atomic E-state index is -3.52. The van der Waals surface area contributed by atoms with Gasteiger partial charge in [0.05, 0.1) is 35.2 Å². The van der Waals surface area contributed by atoms with E-state index in [9.17, 15) is 8.42 Å². The first-order valence-corrected chi connectivity index (χ1v) is 11.2. The molecule has 2 heterocycles. The van der Waals surface area contributed by atoms with Crippen LogP contribution in [0.2, 0.25) is 0 Å². The van der Waals surface area contributed by atoms with E-state index in [-0.39, 0.29) is 4.90 Å². The molecule has 1 aliphatic heterocycles. The van der Waals surface area contributed by atoms with Crippen molar-refractivity contribution in [2.24, 2.45) is 0 Å². The van der Waals surface area contributed by atoms with E-state index in [1.54, 1.807) is 37.6 Å². The van der Waals surface area contributed by atoms with Gasteiger partial charge in [0, 0.05) is 36.4 Å². The van der Waals surface area contributed by atoms with Gasteiger partial charge in [0.1, 0.15) is 5.75 Å². The van der Waals surface area contributed by atoms with Gasteiger partial charge in [-0.2, -0.15) is 4.31 Å². The fourth-order valence-corrected chi connectivity index (χ4v) is 4.95. The SMILES string of the molecule is COc1cc2nc(Nc3ccc(S(=O)(=O)N4CCOCC4)cc3)ncc2cc1Br. The highest BCUT2D eigenvalue weighted by molar-refractivity contribution is 9.10. The number of methoxy groups -OCH3 is 1. The number of morpholine rings is 1. The van der Waals surface area contributed by atoms with Gasteiger partial charge in [-0.15, -0.1) is 0 Å². The molecule has 1 aromatic heterocycles. The molecule has 0 aliphatic carbocycles. The molecule has 0 atom stereocenters. The first-order chi connectivity index (χ1) is 14.0. The number of aromatic nitrogens is 2. The summed E-state index contributed by atoms with van der Waals surface area (Å²) in [6.45, 7) is 1.57. The number of fused-ring (bicyclic) bond motifs is 1. The van der Waals surface area contributed by atoms with Crippen LogP contribution in [0.4, 0.5) is 11.6 Å². The lowest BCUT2D eigenvalue weighted by Gasteiger charge is -2.26. The average molecular weight is 479 g/mol. The van der Waals surface area contributed by atoms with E-state index in [0.717, 1.165) is 15.4 Å². The molecule has 0 spiro atoms. The molecule has 0 bridgehead atoms. The predicted molar refractivity (Wildman–Crippen MR) is 113 cm³/mol. The number of benzene rings is 2. The van der Waals surface area contributed by atoms with Crippen LogP contribution in [0.5, 0.6) is 5.75 Å². The normalized spacial score (nSPS) is 15.4. The molecule has 1 saturated heterocycles.